The van der Waals surface area contributed by atoms with E-state index in [1.165, 1.54) is 16.0 Å². The lowest BCUT2D eigenvalue weighted by Crippen LogP contribution is -2.54. The van der Waals surface area contributed by atoms with Gasteiger partial charge < -0.3 is 20.1 Å². The van der Waals surface area contributed by atoms with Crippen LogP contribution in [-0.4, -0.2) is 65.2 Å². The van der Waals surface area contributed by atoms with Gasteiger partial charge in [0.1, 0.15) is 12.6 Å². The molecule has 0 aromatic heterocycles. The number of carbonyl (C=O) groups excluding carboxylic acids is 2. The molecule has 0 bridgehead atoms. The molecule has 8 heteroatoms. The first kappa shape index (κ1) is 24.1. The number of carbonyl (C=O) groups is 3. The summed E-state index contributed by atoms with van der Waals surface area (Å²) in [5, 5.41) is 12.2. The predicted molar refractivity (Wildman–Crippen MR) is 132 cm³/mol. The maximum absolute atomic E-state index is 13.1. The van der Waals surface area contributed by atoms with Crippen molar-refractivity contribution in [3.05, 3.63) is 59.7 Å². The Kier molecular flexibility index (Phi) is 7.16. The number of nitrogens with zero attached hydrogens (tertiary/aromatic N) is 1. The Hall–Kier alpha value is -3.00. The minimum Gasteiger partial charge on any atom is -0.480 e. The highest BCUT2D eigenvalue weighted by molar-refractivity contribution is 7.99. The molecule has 1 atom stereocenters. The van der Waals surface area contributed by atoms with E-state index in [0.29, 0.717) is 18.7 Å². The molecular formula is C26H30N2O5S. The molecule has 4 rings (SSSR count). The van der Waals surface area contributed by atoms with Gasteiger partial charge in [-0.05, 0) is 28.7 Å². The Morgan fingerprint density at radius 3 is 2.32 bits per heavy atom. The van der Waals surface area contributed by atoms with Gasteiger partial charge >= 0.3 is 12.1 Å². The molecule has 1 fully saturated rings. The number of carboxylic acids is 1. The van der Waals surface area contributed by atoms with Crippen molar-refractivity contribution in [1.29, 1.82) is 0 Å². The third kappa shape index (κ3) is 4.92. The molecule has 0 spiro atoms. The summed E-state index contributed by atoms with van der Waals surface area (Å²) in [7, 11) is 0. The lowest BCUT2D eigenvalue weighted by Gasteiger charge is -2.38. The predicted octanol–water partition coefficient (Wildman–Crippen LogP) is 3.97. The van der Waals surface area contributed by atoms with Crippen LogP contribution in [0.3, 0.4) is 0 Å². The lowest BCUT2D eigenvalue weighted by molar-refractivity contribution is -0.153. The van der Waals surface area contributed by atoms with E-state index >= 15 is 0 Å². The van der Waals surface area contributed by atoms with Gasteiger partial charge in [0.05, 0.1) is 0 Å². The molecule has 34 heavy (non-hydrogen) atoms. The Balaban J connectivity index is 1.30. The number of aliphatic carboxylic acids is 1. The summed E-state index contributed by atoms with van der Waals surface area (Å²) < 4.78 is 5.55. The van der Waals surface area contributed by atoms with E-state index in [9.17, 15) is 19.5 Å². The maximum Gasteiger partial charge on any atom is 0.407 e. The van der Waals surface area contributed by atoms with Crippen molar-refractivity contribution >= 4 is 29.7 Å². The number of alkyl carbamates (subject to hydrolysis) is 1. The van der Waals surface area contributed by atoms with E-state index in [0.717, 1.165) is 16.9 Å². The van der Waals surface area contributed by atoms with Gasteiger partial charge in [-0.15, -0.1) is 0 Å². The smallest absolute Gasteiger partial charge is 0.407 e. The average molecular weight is 483 g/mol. The van der Waals surface area contributed by atoms with Gasteiger partial charge in [-0.1, -0.05) is 62.4 Å². The number of hydrogen-bond donors (Lipinski definition) is 2. The molecule has 180 valence electrons. The number of nitrogens with one attached hydrogen (secondary N) is 1. The molecule has 1 aliphatic heterocycles. The van der Waals surface area contributed by atoms with Crippen LogP contribution in [0, 0.1) is 5.41 Å². The fourth-order valence-corrected chi connectivity index (χ4v) is 5.71. The van der Waals surface area contributed by atoms with Crippen LogP contribution in [0.5, 0.6) is 0 Å². The highest BCUT2D eigenvalue weighted by atomic mass is 32.2. The largest absolute Gasteiger partial charge is 0.480 e. The molecule has 1 aliphatic carbocycles. The second-order valence-electron chi connectivity index (χ2n) is 9.31. The number of benzene rings is 2. The molecular weight excluding hydrogens is 452 g/mol. The number of amides is 2. The van der Waals surface area contributed by atoms with Gasteiger partial charge in [0.2, 0.25) is 5.91 Å². The van der Waals surface area contributed by atoms with Crippen LogP contribution in [0.1, 0.15) is 37.3 Å². The maximum atomic E-state index is 13.1. The Labute approximate surface area is 203 Å². The third-order valence-electron chi connectivity index (χ3n) is 6.62. The van der Waals surface area contributed by atoms with Crippen molar-refractivity contribution in [2.75, 3.05) is 31.2 Å². The van der Waals surface area contributed by atoms with Crippen LogP contribution < -0.4 is 5.32 Å². The molecule has 1 heterocycles. The Morgan fingerprint density at radius 2 is 1.71 bits per heavy atom. The normalized spacial score (nSPS) is 17.6. The second-order valence-corrected chi connectivity index (χ2v) is 10.5. The second kappa shape index (κ2) is 10.1. The van der Waals surface area contributed by atoms with Gasteiger partial charge in [0, 0.05) is 35.9 Å². The number of hydrogen-bond acceptors (Lipinski definition) is 5. The van der Waals surface area contributed by atoms with Crippen LogP contribution >= 0.6 is 11.8 Å². The zero-order valence-electron chi connectivity index (χ0n) is 19.5. The summed E-state index contributed by atoms with van der Waals surface area (Å²) in [5.74, 6) is -0.0672. The molecule has 0 radical (unpaired) electrons. The van der Waals surface area contributed by atoms with E-state index in [-0.39, 0.29) is 25.0 Å². The molecule has 1 unspecified atom stereocenters. The van der Waals surface area contributed by atoms with Crippen molar-refractivity contribution in [3.63, 3.8) is 0 Å². The standard InChI is InChI=1S/C26H30N2O5S/c1-26(2,24(31)28-13-14-34-16-22(28)23(29)30)11-12-27-25(32)33-15-21-19-9-5-3-7-17(19)18-8-4-6-10-20(18)21/h3-10,21-22H,11-16H2,1-2H3,(H,27,32)(H,29,30). The zero-order chi connectivity index (χ0) is 24.3. The van der Waals surface area contributed by atoms with Crippen LogP contribution in [-0.2, 0) is 14.3 Å². The number of thioether (sulfide) groups is 1. The monoisotopic (exact) mass is 482 g/mol. The zero-order valence-corrected chi connectivity index (χ0v) is 20.3. The molecule has 2 aliphatic rings. The quantitative estimate of drug-likeness (QED) is 0.620. The number of fused-ring (bicyclic) bond motifs is 3. The topological polar surface area (TPSA) is 95.9 Å². The Morgan fingerprint density at radius 1 is 1.09 bits per heavy atom. The molecule has 2 aromatic carbocycles. The lowest BCUT2D eigenvalue weighted by atomic mass is 9.87. The van der Waals surface area contributed by atoms with Crippen LogP contribution in [0.25, 0.3) is 11.1 Å². The number of ether oxygens (including phenoxy) is 1. The number of rotatable bonds is 7. The van der Waals surface area contributed by atoms with Gasteiger partial charge in [-0.3, -0.25) is 4.79 Å². The summed E-state index contributed by atoms with van der Waals surface area (Å²) in [6.45, 7) is 4.48. The summed E-state index contributed by atoms with van der Waals surface area (Å²) in [4.78, 5) is 38.5. The van der Waals surface area contributed by atoms with Gasteiger partial charge in [-0.25, -0.2) is 9.59 Å². The fourth-order valence-electron chi connectivity index (χ4n) is 4.67. The molecule has 1 saturated heterocycles. The average Bonchev–Trinajstić information content (AvgIpc) is 3.16. The third-order valence-corrected chi connectivity index (χ3v) is 7.64. The van der Waals surface area contributed by atoms with E-state index in [2.05, 4.69) is 29.6 Å². The summed E-state index contributed by atoms with van der Waals surface area (Å²) in [6, 6.07) is 15.5. The minimum absolute atomic E-state index is 0.0129. The molecule has 0 saturated carbocycles. The summed E-state index contributed by atoms with van der Waals surface area (Å²) in [5.41, 5.74) is 3.84. The van der Waals surface area contributed by atoms with Crippen molar-refractivity contribution in [3.8, 4) is 11.1 Å². The van der Waals surface area contributed by atoms with Gasteiger partial charge in [-0.2, -0.15) is 11.8 Å². The summed E-state index contributed by atoms with van der Waals surface area (Å²) in [6.07, 6.45) is -0.144. The van der Waals surface area contributed by atoms with E-state index in [1.807, 2.05) is 24.3 Å². The van der Waals surface area contributed by atoms with Crippen molar-refractivity contribution in [2.45, 2.75) is 32.2 Å². The van der Waals surface area contributed by atoms with Crippen molar-refractivity contribution in [2.24, 2.45) is 5.41 Å². The highest BCUT2D eigenvalue weighted by Gasteiger charge is 2.39. The van der Waals surface area contributed by atoms with E-state index in [1.54, 1.807) is 25.6 Å². The Bertz CT molecular complexity index is 1040. The molecule has 2 N–H and O–H groups in total. The van der Waals surface area contributed by atoms with Crippen molar-refractivity contribution < 1.29 is 24.2 Å². The van der Waals surface area contributed by atoms with E-state index in [4.69, 9.17) is 4.74 Å². The van der Waals surface area contributed by atoms with Crippen LogP contribution in [0.4, 0.5) is 4.79 Å². The fraction of sp³-hybridized carbons (Fsp3) is 0.423. The first-order valence-corrected chi connectivity index (χ1v) is 12.7. The molecule has 7 nitrogen and oxygen atoms in total. The van der Waals surface area contributed by atoms with Crippen molar-refractivity contribution in [1.82, 2.24) is 10.2 Å². The molecule has 2 aromatic rings. The minimum atomic E-state index is -0.979. The summed E-state index contributed by atoms with van der Waals surface area (Å²) >= 11 is 1.54. The first-order valence-electron chi connectivity index (χ1n) is 11.5. The van der Waals surface area contributed by atoms with Gasteiger partial charge in [0.15, 0.2) is 0 Å². The SMILES string of the molecule is CC(C)(CCNC(=O)OCC1c2ccccc2-c2ccccc21)C(=O)N1CCSCC1C(=O)O. The van der Waals surface area contributed by atoms with Gasteiger partial charge in [0.25, 0.3) is 0 Å². The van der Waals surface area contributed by atoms with E-state index < -0.39 is 23.5 Å². The molecule has 2 amide bonds. The first-order chi connectivity index (χ1) is 16.3. The van der Waals surface area contributed by atoms with Crippen LogP contribution in [0.2, 0.25) is 0 Å². The highest BCUT2D eigenvalue weighted by Crippen LogP contribution is 2.44. The van der Waals surface area contributed by atoms with Crippen LogP contribution in [0.15, 0.2) is 48.5 Å². The number of carboxylic acid groups (broad SMARTS) is 1.